The fraction of sp³-hybridized carbons (Fsp3) is 0.381. The summed E-state index contributed by atoms with van der Waals surface area (Å²) in [4.78, 5) is 14.9. The minimum atomic E-state index is -0.383. The van der Waals surface area contributed by atoms with Crippen molar-refractivity contribution in [3.63, 3.8) is 0 Å². The number of halogens is 1. The number of amides is 1. The molecule has 0 aliphatic carbocycles. The SMILES string of the molecule is COc1ccc(NC(=O)C(C)Nc2ccc(N3CCCCC3)cc2)cc1Cl. The number of hydrogen-bond acceptors (Lipinski definition) is 4. The molecule has 0 radical (unpaired) electrons. The average molecular weight is 388 g/mol. The lowest BCUT2D eigenvalue weighted by Crippen LogP contribution is -2.32. The lowest BCUT2D eigenvalue weighted by atomic mass is 10.1. The summed E-state index contributed by atoms with van der Waals surface area (Å²) < 4.78 is 5.12. The molecular formula is C21H26ClN3O2. The third-order valence-electron chi connectivity index (χ3n) is 4.78. The van der Waals surface area contributed by atoms with Gasteiger partial charge in [-0.1, -0.05) is 11.6 Å². The predicted molar refractivity (Wildman–Crippen MR) is 112 cm³/mol. The Morgan fingerprint density at radius 3 is 2.37 bits per heavy atom. The van der Waals surface area contributed by atoms with E-state index in [-0.39, 0.29) is 11.9 Å². The summed E-state index contributed by atoms with van der Waals surface area (Å²) in [5, 5.41) is 6.57. The number of anilines is 3. The second kappa shape index (κ2) is 9.00. The molecule has 1 aliphatic heterocycles. The van der Waals surface area contributed by atoms with Gasteiger partial charge in [0.05, 0.1) is 12.1 Å². The highest BCUT2D eigenvalue weighted by Gasteiger charge is 2.15. The van der Waals surface area contributed by atoms with Gasteiger partial charge in [0, 0.05) is 30.2 Å². The van der Waals surface area contributed by atoms with E-state index in [1.165, 1.54) is 24.9 Å². The van der Waals surface area contributed by atoms with Gasteiger partial charge < -0.3 is 20.3 Å². The first kappa shape index (κ1) is 19.4. The summed E-state index contributed by atoms with van der Waals surface area (Å²) in [6, 6.07) is 13.1. The van der Waals surface area contributed by atoms with Crippen molar-refractivity contribution < 1.29 is 9.53 Å². The number of piperidine rings is 1. The maximum atomic E-state index is 12.4. The topological polar surface area (TPSA) is 53.6 Å². The normalized spacial score (nSPS) is 15.1. The fourth-order valence-corrected chi connectivity index (χ4v) is 3.49. The van der Waals surface area contributed by atoms with Crippen molar-refractivity contribution >= 4 is 34.6 Å². The number of methoxy groups -OCH3 is 1. The van der Waals surface area contributed by atoms with Gasteiger partial charge in [0.2, 0.25) is 5.91 Å². The third kappa shape index (κ3) is 5.07. The van der Waals surface area contributed by atoms with Crippen LogP contribution in [-0.4, -0.2) is 32.1 Å². The van der Waals surface area contributed by atoms with E-state index in [0.717, 1.165) is 18.8 Å². The van der Waals surface area contributed by atoms with Gasteiger partial charge in [0.15, 0.2) is 0 Å². The van der Waals surface area contributed by atoms with Crippen molar-refractivity contribution in [1.82, 2.24) is 0 Å². The number of hydrogen-bond donors (Lipinski definition) is 2. The third-order valence-corrected chi connectivity index (χ3v) is 5.08. The van der Waals surface area contributed by atoms with E-state index in [9.17, 15) is 4.79 Å². The summed E-state index contributed by atoms with van der Waals surface area (Å²) in [6.07, 6.45) is 3.83. The molecular weight excluding hydrogens is 362 g/mol. The van der Waals surface area contributed by atoms with Crippen LogP contribution in [0.3, 0.4) is 0 Å². The summed E-state index contributed by atoms with van der Waals surface area (Å²) in [6.45, 7) is 4.07. The summed E-state index contributed by atoms with van der Waals surface area (Å²) in [5.41, 5.74) is 2.80. The van der Waals surface area contributed by atoms with Crippen LogP contribution in [0.4, 0.5) is 17.1 Å². The maximum Gasteiger partial charge on any atom is 0.246 e. The van der Waals surface area contributed by atoms with Crippen molar-refractivity contribution in [3.8, 4) is 5.75 Å². The number of ether oxygens (including phenoxy) is 1. The van der Waals surface area contributed by atoms with E-state index in [4.69, 9.17) is 16.3 Å². The standard InChI is InChI=1S/C21H26ClN3O2/c1-15(21(26)24-17-8-11-20(27-2)19(22)14-17)23-16-6-9-18(10-7-16)25-12-4-3-5-13-25/h6-11,14-15,23H,3-5,12-13H2,1-2H3,(H,24,26). The minimum absolute atomic E-state index is 0.128. The van der Waals surface area contributed by atoms with Gasteiger partial charge in [-0.3, -0.25) is 4.79 Å². The fourth-order valence-electron chi connectivity index (χ4n) is 3.23. The number of nitrogens with zero attached hydrogens (tertiary/aromatic N) is 1. The Morgan fingerprint density at radius 2 is 1.74 bits per heavy atom. The smallest absolute Gasteiger partial charge is 0.246 e. The maximum absolute atomic E-state index is 12.4. The summed E-state index contributed by atoms with van der Waals surface area (Å²) >= 11 is 6.11. The molecule has 5 nitrogen and oxygen atoms in total. The van der Waals surface area contributed by atoms with Crippen molar-refractivity contribution in [2.24, 2.45) is 0 Å². The lowest BCUT2D eigenvalue weighted by Gasteiger charge is -2.29. The molecule has 1 unspecified atom stereocenters. The highest BCUT2D eigenvalue weighted by molar-refractivity contribution is 6.32. The molecule has 0 aromatic heterocycles. The molecule has 1 amide bonds. The molecule has 0 bridgehead atoms. The van der Waals surface area contributed by atoms with Gasteiger partial charge in [-0.05, 0) is 68.7 Å². The van der Waals surface area contributed by atoms with Crippen LogP contribution in [0, 0.1) is 0 Å². The molecule has 1 heterocycles. The second-order valence-corrected chi connectivity index (χ2v) is 7.21. The van der Waals surface area contributed by atoms with E-state index < -0.39 is 0 Å². The molecule has 2 N–H and O–H groups in total. The van der Waals surface area contributed by atoms with Crippen LogP contribution in [0.1, 0.15) is 26.2 Å². The minimum Gasteiger partial charge on any atom is -0.495 e. The van der Waals surface area contributed by atoms with E-state index in [1.807, 2.05) is 19.1 Å². The quantitative estimate of drug-likeness (QED) is 0.749. The highest BCUT2D eigenvalue weighted by atomic mass is 35.5. The Hall–Kier alpha value is -2.40. The monoisotopic (exact) mass is 387 g/mol. The number of carbonyl (C=O) groups is 1. The number of nitrogens with one attached hydrogen (secondary N) is 2. The van der Waals surface area contributed by atoms with Gasteiger partial charge in [-0.2, -0.15) is 0 Å². The first-order valence-electron chi connectivity index (χ1n) is 9.33. The lowest BCUT2D eigenvalue weighted by molar-refractivity contribution is -0.116. The zero-order valence-corrected chi connectivity index (χ0v) is 16.6. The zero-order chi connectivity index (χ0) is 19.2. The van der Waals surface area contributed by atoms with Crippen LogP contribution in [-0.2, 0) is 4.79 Å². The molecule has 1 fully saturated rings. The Labute approximate surface area is 165 Å². The van der Waals surface area contributed by atoms with Crippen LogP contribution in [0.2, 0.25) is 5.02 Å². The highest BCUT2D eigenvalue weighted by Crippen LogP contribution is 2.27. The Kier molecular flexibility index (Phi) is 6.45. The van der Waals surface area contributed by atoms with Crippen LogP contribution in [0.25, 0.3) is 0 Å². The predicted octanol–water partition coefficient (Wildman–Crippen LogP) is 4.78. The van der Waals surface area contributed by atoms with Gasteiger partial charge in [0.1, 0.15) is 11.8 Å². The number of rotatable bonds is 6. The first-order chi connectivity index (χ1) is 13.1. The molecule has 1 aliphatic rings. The van der Waals surface area contributed by atoms with E-state index in [2.05, 4.69) is 27.7 Å². The molecule has 27 heavy (non-hydrogen) atoms. The molecule has 0 saturated carbocycles. The molecule has 2 aromatic rings. The van der Waals surface area contributed by atoms with Gasteiger partial charge in [-0.15, -0.1) is 0 Å². The average Bonchev–Trinajstić information content (AvgIpc) is 2.69. The Bertz CT molecular complexity index is 773. The molecule has 1 saturated heterocycles. The van der Waals surface area contributed by atoms with Crippen LogP contribution < -0.4 is 20.3 Å². The van der Waals surface area contributed by atoms with E-state index >= 15 is 0 Å². The molecule has 144 valence electrons. The molecule has 2 aromatic carbocycles. The van der Waals surface area contributed by atoms with E-state index in [1.54, 1.807) is 25.3 Å². The second-order valence-electron chi connectivity index (χ2n) is 6.80. The van der Waals surface area contributed by atoms with E-state index in [0.29, 0.717) is 16.5 Å². The largest absolute Gasteiger partial charge is 0.495 e. The van der Waals surface area contributed by atoms with Gasteiger partial charge in [-0.25, -0.2) is 0 Å². The van der Waals surface area contributed by atoms with Gasteiger partial charge >= 0.3 is 0 Å². The van der Waals surface area contributed by atoms with Crippen LogP contribution in [0.15, 0.2) is 42.5 Å². The van der Waals surface area contributed by atoms with Crippen LogP contribution >= 0.6 is 11.6 Å². The van der Waals surface area contributed by atoms with Crippen molar-refractivity contribution in [3.05, 3.63) is 47.5 Å². The summed E-state index contributed by atoms with van der Waals surface area (Å²) in [5.74, 6) is 0.450. The van der Waals surface area contributed by atoms with Gasteiger partial charge in [0.25, 0.3) is 0 Å². The Morgan fingerprint density at radius 1 is 1.07 bits per heavy atom. The Balaban J connectivity index is 1.56. The van der Waals surface area contributed by atoms with Crippen molar-refractivity contribution in [1.29, 1.82) is 0 Å². The molecule has 0 spiro atoms. The molecule has 3 rings (SSSR count). The molecule has 1 atom stereocenters. The van der Waals surface area contributed by atoms with Crippen LogP contribution in [0.5, 0.6) is 5.75 Å². The molecule has 6 heteroatoms. The van der Waals surface area contributed by atoms with Crippen molar-refractivity contribution in [2.45, 2.75) is 32.2 Å². The first-order valence-corrected chi connectivity index (χ1v) is 9.70. The summed E-state index contributed by atoms with van der Waals surface area (Å²) in [7, 11) is 1.56. The number of benzene rings is 2. The number of carbonyl (C=O) groups excluding carboxylic acids is 1. The van der Waals surface area contributed by atoms with Crippen molar-refractivity contribution in [2.75, 3.05) is 35.7 Å². The zero-order valence-electron chi connectivity index (χ0n) is 15.8.